The third kappa shape index (κ3) is 7.14. The molecule has 11 atom stereocenters. The predicted molar refractivity (Wildman–Crippen MR) is 225 cm³/mol. The average Bonchev–Trinajstić information content (AvgIpc) is 3.26. The third-order valence-electron chi connectivity index (χ3n) is 14.3. The molecule has 4 bridgehead atoms. The van der Waals surface area contributed by atoms with E-state index in [1.54, 1.807) is 86.6 Å². The topological polar surface area (TPSA) is 221 Å². The number of rotatable bonds is 5. The summed E-state index contributed by atoms with van der Waals surface area (Å²) >= 11 is 0. The summed E-state index contributed by atoms with van der Waals surface area (Å²) in [5.41, 5.74) is -6.68. The van der Waals surface area contributed by atoms with Crippen LogP contribution in [0.15, 0.2) is 108 Å². The summed E-state index contributed by atoms with van der Waals surface area (Å²) in [7, 11) is 0. The molecule has 2 heterocycles. The van der Waals surface area contributed by atoms with Gasteiger partial charge in [-0.3, -0.25) is 14.4 Å². The van der Waals surface area contributed by atoms with E-state index in [-0.39, 0.29) is 41.7 Å². The second-order valence-corrected chi connectivity index (χ2v) is 18.1. The van der Waals surface area contributed by atoms with Crippen LogP contribution in [0.1, 0.15) is 85.3 Å². The molecule has 3 aromatic rings. The zero-order valence-electron chi connectivity index (χ0n) is 36.0. The Kier molecular flexibility index (Phi) is 11.5. The van der Waals surface area contributed by atoms with Crippen molar-refractivity contribution in [1.29, 1.82) is 0 Å². The number of aliphatic hydroxyl groups excluding tert-OH is 2. The summed E-state index contributed by atoms with van der Waals surface area (Å²) in [6, 6.07) is 21.3. The van der Waals surface area contributed by atoms with Gasteiger partial charge in [-0.05, 0) is 66.8 Å². The van der Waals surface area contributed by atoms with Crippen molar-refractivity contribution < 1.29 is 67.8 Å². The number of nitrogens with one attached hydrogen (secondary N) is 1. The number of benzene rings is 3. The van der Waals surface area contributed by atoms with Crippen molar-refractivity contribution in [3.05, 3.63) is 130 Å². The molecule has 3 fully saturated rings. The molecule has 336 valence electrons. The highest BCUT2D eigenvalue weighted by Gasteiger charge is 2.78. The minimum atomic E-state index is -2.40. The summed E-state index contributed by atoms with van der Waals surface area (Å²) in [5, 5.41) is 40.8. The van der Waals surface area contributed by atoms with Crippen LogP contribution >= 0.6 is 0 Å². The number of Topliss-reactive ketones (excluding diaryl/α,β-unsaturated/α-hetero) is 1. The van der Waals surface area contributed by atoms with E-state index in [1.165, 1.54) is 32.1 Å². The average molecular weight is 878 g/mol. The quantitative estimate of drug-likeness (QED) is 0.163. The van der Waals surface area contributed by atoms with E-state index in [4.69, 9.17) is 23.7 Å². The van der Waals surface area contributed by atoms with Gasteiger partial charge in [0.2, 0.25) is 0 Å². The summed E-state index contributed by atoms with van der Waals surface area (Å²) in [6.07, 6.45) is -8.00. The third-order valence-corrected chi connectivity index (χ3v) is 14.3. The molecular formula is C49H51NO14. The van der Waals surface area contributed by atoms with Crippen molar-refractivity contribution in [2.45, 2.75) is 108 Å². The van der Waals surface area contributed by atoms with Crippen LogP contribution in [0.3, 0.4) is 0 Å². The van der Waals surface area contributed by atoms with E-state index in [1.807, 2.05) is 0 Å². The summed E-state index contributed by atoms with van der Waals surface area (Å²) in [5.74, 6) is -7.02. The number of amides is 1. The Hall–Kier alpha value is -6.00. The number of ether oxygens (including phenoxy) is 5. The van der Waals surface area contributed by atoms with E-state index >= 15 is 4.79 Å². The molecule has 1 saturated heterocycles. The Morgan fingerprint density at radius 3 is 2.14 bits per heavy atom. The Morgan fingerprint density at radius 1 is 0.859 bits per heavy atom. The lowest BCUT2D eigenvalue weighted by Gasteiger charge is -2.67. The zero-order valence-corrected chi connectivity index (χ0v) is 36.0. The fourth-order valence-electron chi connectivity index (χ4n) is 10.8. The van der Waals surface area contributed by atoms with Gasteiger partial charge < -0.3 is 44.3 Å². The van der Waals surface area contributed by atoms with Crippen molar-refractivity contribution in [2.24, 2.45) is 16.7 Å². The van der Waals surface area contributed by atoms with Gasteiger partial charge in [0, 0.05) is 36.8 Å². The first-order valence-electron chi connectivity index (χ1n) is 21.3. The van der Waals surface area contributed by atoms with Gasteiger partial charge in [-0.25, -0.2) is 14.4 Å². The maximum absolute atomic E-state index is 15.6. The number of ketones is 1. The van der Waals surface area contributed by atoms with Crippen molar-refractivity contribution in [1.82, 2.24) is 5.32 Å². The Labute approximate surface area is 369 Å². The minimum Gasteiger partial charge on any atom is -0.456 e. The fourth-order valence-corrected chi connectivity index (χ4v) is 10.8. The van der Waals surface area contributed by atoms with Crippen LogP contribution in [-0.2, 0) is 49.3 Å². The van der Waals surface area contributed by atoms with Crippen molar-refractivity contribution in [2.75, 3.05) is 6.61 Å². The molecule has 64 heavy (non-hydrogen) atoms. The minimum absolute atomic E-state index is 0.000437. The van der Waals surface area contributed by atoms with E-state index in [0.29, 0.717) is 11.1 Å². The van der Waals surface area contributed by atoms with Gasteiger partial charge in [0.25, 0.3) is 5.91 Å². The molecule has 3 aromatic carbocycles. The van der Waals surface area contributed by atoms with Crippen LogP contribution in [0.2, 0.25) is 0 Å². The van der Waals surface area contributed by atoms with Crippen LogP contribution in [0.25, 0.3) is 0 Å². The molecule has 15 nitrogen and oxygen atoms in total. The Bertz CT molecular complexity index is 2450. The van der Waals surface area contributed by atoms with Crippen molar-refractivity contribution in [3.8, 4) is 0 Å². The maximum Gasteiger partial charge on any atom is 0.338 e. The van der Waals surface area contributed by atoms with Gasteiger partial charge in [0.05, 0.1) is 35.6 Å². The molecule has 2 aliphatic heterocycles. The number of esters is 4. The number of allylic oxidation sites excluding steroid dienone is 1. The molecule has 0 unspecified atom stereocenters. The van der Waals surface area contributed by atoms with Crippen LogP contribution < -0.4 is 5.32 Å². The number of hydrogen-bond acceptors (Lipinski definition) is 14. The summed E-state index contributed by atoms with van der Waals surface area (Å²) in [4.78, 5) is 85.5. The second-order valence-electron chi connectivity index (χ2n) is 18.1. The molecule has 2 saturated carbocycles. The summed E-state index contributed by atoms with van der Waals surface area (Å²) < 4.78 is 30.9. The van der Waals surface area contributed by atoms with E-state index in [0.717, 1.165) is 13.0 Å². The predicted octanol–water partition coefficient (Wildman–Crippen LogP) is 3.83. The molecule has 1 spiro atoms. The highest BCUT2D eigenvalue weighted by molar-refractivity contribution is 5.96. The molecule has 5 aliphatic rings. The molecule has 1 amide bonds. The summed E-state index contributed by atoms with van der Waals surface area (Å²) in [6.45, 7) is 6.83. The SMILES string of the molecule is CC(=O)O[C@H]1C(=O)[C@@]2(C)[C@@H]3[C@H](OC(=O)c4ccccc4)[C@]4(O)C[C@H](OC(=O)[C@H](O)[C@@H](NC(=O)c5ccccc5)c5ccccc5CC=CC(=O)O[C@]35CO[C@@H]5C[C@@H]2O)C(C)=C1C4(C)C. The van der Waals surface area contributed by atoms with Gasteiger partial charge >= 0.3 is 23.9 Å². The van der Waals surface area contributed by atoms with Gasteiger partial charge in [-0.2, -0.15) is 0 Å². The highest BCUT2D eigenvalue weighted by Crippen LogP contribution is 2.64. The van der Waals surface area contributed by atoms with Gasteiger partial charge in [0.1, 0.15) is 23.9 Å². The first kappa shape index (κ1) is 44.6. The number of carbonyl (C=O) groups is 6. The Balaban J connectivity index is 1.37. The number of fused-ring (bicyclic) bond motifs is 3. The lowest BCUT2D eigenvalue weighted by molar-refractivity contribution is -0.345. The molecule has 15 heteroatoms. The van der Waals surface area contributed by atoms with Gasteiger partial charge in [-0.1, -0.05) is 80.6 Å². The first-order valence-corrected chi connectivity index (χ1v) is 21.3. The standard InChI is InChI=1S/C49H51NO14/c1-26-32-24-49(59)42(63-44(57)30-18-10-7-11-19-30)40-47(5,41(55)39(61-27(2)51)36(26)46(49,3)4)33(52)23-34-48(40,25-60-34)64-35(53)22-14-20-28-15-12-13-21-31(28)37(38(54)45(58)62-32)50-43(56)29-16-8-6-9-17-29/h6-19,21-22,32-34,37-40,42,52,54,59H,20,23-25H2,1-5H3,(H,50,56)/t32-,33-,34+,37-,38+,39+,40-,42-,47+,48-,49+/m0/s1. The van der Waals surface area contributed by atoms with E-state index in [2.05, 4.69) is 5.32 Å². The number of carbonyl (C=O) groups excluding carboxylic acids is 6. The molecular weight excluding hydrogens is 827 g/mol. The van der Waals surface area contributed by atoms with Gasteiger partial charge in [-0.15, -0.1) is 0 Å². The smallest absolute Gasteiger partial charge is 0.338 e. The Morgan fingerprint density at radius 2 is 1.50 bits per heavy atom. The molecule has 0 radical (unpaired) electrons. The van der Waals surface area contributed by atoms with Crippen LogP contribution in [0.5, 0.6) is 0 Å². The van der Waals surface area contributed by atoms with Gasteiger partial charge in [0.15, 0.2) is 23.6 Å². The lowest BCUT2D eigenvalue weighted by atomic mass is 9.44. The fraction of sp³-hybridized carbons (Fsp3) is 0.429. The van der Waals surface area contributed by atoms with Crippen LogP contribution in [-0.4, -0.2) is 105 Å². The highest BCUT2D eigenvalue weighted by atomic mass is 16.6. The van der Waals surface area contributed by atoms with Crippen LogP contribution in [0, 0.1) is 16.7 Å². The zero-order chi connectivity index (χ0) is 45.9. The van der Waals surface area contributed by atoms with E-state index < -0.39 is 113 Å². The van der Waals surface area contributed by atoms with Crippen molar-refractivity contribution in [3.63, 3.8) is 0 Å². The number of aliphatic hydroxyl groups is 3. The monoisotopic (exact) mass is 877 g/mol. The van der Waals surface area contributed by atoms with Crippen molar-refractivity contribution >= 4 is 35.6 Å². The second kappa shape index (κ2) is 16.5. The van der Waals surface area contributed by atoms with Crippen LogP contribution in [0.4, 0.5) is 0 Å². The number of hydrogen-bond donors (Lipinski definition) is 4. The van der Waals surface area contributed by atoms with E-state index in [9.17, 15) is 39.3 Å². The first-order chi connectivity index (χ1) is 30.3. The maximum atomic E-state index is 15.6. The normalized spacial score (nSPS) is 34.3. The molecule has 0 aromatic heterocycles. The lowest BCUT2D eigenvalue weighted by Crippen LogP contribution is -2.82. The molecule has 4 N–H and O–H groups in total. The largest absolute Gasteiger partial charge is 0.456 e. The molecule has 3 aliphatic carbocycles. The molecule has 8 rings (SSSR count).